The number of aromatic nitrogens is 3. The summed E-state index contributed by atoms with van der Waals surface area (Å²) in [4.78, 5) is 26.6. The van der Waals surface area contributed by atoms with E-state index in [1.165, 1.54) is 34.7 Å². The van der Waals surface area contributed by atoms with E-state index in [1.807, 2.05) is 42.5 Å². The second kappa shape index (κ2) is 10.8. The van der Waals surface area contributed by atoms with Crippen LogP contribution in [-0.2, 0) is 17.9 Å². The summed E-state index contributed by atoms with van der Waals surface area (Å²) < 4.78 is 3.12. The van der Waals surface area contributed by atoms with E-state index in [9.17, 15) is 9.59 Å². The molecule has 1 aliphatic rings. The molecule has 0 saturated heterocycles. The highest BCUT2D eigenvalue weighted by Gasteiger charge is 2.22. The van der Waals surface area contributed by atoms with E-state index in [4.69, 9.17) is 11.6 Å². The second-order valence-electron chi connectivity index (χ2n) is 10.1. The van der Waals surface area contributed by atoms with Crippen LogP contribution in [-0.4, -0.2) is 20.1 Å². The molecule has 0 radical (unpaired) electrons. The molecule has 5 nitrogen and oxygen atoms in total. The first kappa shape index (κ1) is 24.5. The van der Waals surface area contributed by atoms with Crippen LogP contribution in [0.4, 0.5) is 0 Å². The Morgan fingerprint density at radius 1 is 1.00 bits per heavy atom. The van der Waals surface area contributed by atoms with Gasteiger partial charge < -0.3 is 0 Å². The highest BCUT2D eigenvalue weighted by atomic mass is 35.5. The minimum Gasteiger partial charge on any atom is -0.298 e. The molecule has 0 N–H and O–H groups in total. The summed E-state index contributed by atoms with van der Waals surface area (Å²) in [6.07, 6.45) is 6.27. The summed E-state index contributed by atoms with van der Waals surface area (Å²) in [6, 6.07) is 21.8. The van der Waals surface area contributed by atoms with Gasteiger partial charge in [-0.25, -0.2) is 9.48 Å². The smallest absolute Gasteiger partial charge is 0.298 e. The molecule has 0 unspecified atom stereocenters. The molecule has 5 rings (SSSR count). The Kier molecular flexibility index (Phi) is 7.38. The van der Waals surface area contributed by atoms with E-state index in [0.717, 1.165) is 24.0 Å². The number of rotatable bonds is 8. The summed E-state index contributed by atoms with van der Waals surface area (Å²) in [5.74, 6) is 1.11. The van der Waals surface area contributed by atoms with Gasteiger partial charge in [0.1, 0.15) is 6.54 Å². The van der Waals surface area contributed by atoms with E-state index < -0.39 is 0 Å². The normalized spacial score (nSPS) is 15.3. The lowest BCUT2D eigenvalue weighted by atomic mass is 9.89. The molecule has 186 valence electrons. The molecule has 3 aromatic carbocycles. The molecular formula is C30H32ClN3O2. The number of benzene rings is 3. The SMILES string of the molecule is C[C@H](CC(=O)Cn1nc(-c2ccc(Cl)cc2)n(CC2CCCCC2)c1=O)c1cccc2ccccc12. The van der Waals surface area contributed by atoms with Gasteiger partial charge in [0.2, 0.25) is 0 Å². The quantitative estimate of drug-likeness (QED) is 0.265. The topological polar surface area (TPSA) is 56.9 Å². The van der Waals surface area contributed by atoms with E-state index in [-0.39, 0.29) is 23.9 Å². The molecule has 1 saturated carbocycles. The van der Waals surface area contributed by atoms with Gasteiger partial charge in [-0.2, -0.15) is 0 Å². The summed E-state index contributed by atoms with van der Waals surface area (Å²) in [5.41, 5.74) is 1.78. The molecule has 1 heterocycles. The molecule has 4 aromatic rings. The van der Waals surface area contributed by atoms with E-state index >= 15 is 0 Å². The first-order valence-electron chi connectivity index (χ1n) is 12.9. The fraction of sp³-hybridized carbons (Fsp3) is 0.367. The Balaban J connectivity index is 1.39. The zero-order valence-corrected chi connectivity index (χ0v) is 21.5. The molecule has 1 aromatic heterocycles. The molecule has 36 heavy (non-hydrogen) atoms. The highest BCUT2D eigenvalue weighted by Crippen LogP contribution is 2.29. The van der Waals surface area contributed by atoms with Crippen molar-refractivity contribution < 1.29 is 4.79 Å². The summed E-state index contributed by atoms with van der Waals surface area (Å²) in [7, 11) is 0. The lowest BCUT2D eigenvalue weighted by molar-refractivity contribution is -0.120. The van der Waals surface area contributed by atoms with Crippen molar-refractivity contribution in [2.24, 2.45) is 5.92 Å². The van der Waals surface area contributed by atoms with Gasteiger partial charge in [0.05, 0.1) is 0 Å². The van der Waals surface area contributed by atoms with Gasteiger partial charge in [-0.05, 0) is 65.3 Å². The lowest BCUT2D eigenvalue weighted by Crippen LogP contribution is -2.30. The summed E-state index contributed by atoms with van der Waals surface area (Å²) in [5, 5.41) is 7.62. The van der Waals surface area contributed by atoms with Gasteiger partial charge in [-0.1, -0.05) is 80.3 Å². The molecule has 0 aliphatic heterocycles. The Morgan fingerprint density at radius 3 is 2.50 bits per heavy atom. The van der Waals surface area contributed by atoms with Gasteiger partial charge in [-0.15, -0.1) is 5.10 Å². The van der Waals surface area contributed by atoms with Gasteiger partial charge in [0.25, 0.3) is 0 Å². The minimum absolute atomic E-state index is 0.00232. The van der Waals surface area contributed by atoms with Crippen molar-refractivity contribution in [3.05, 3.63) is 87.8 Å². The van der Waals surface area contributed by atoms with Crippen molar-refractivity contribution >= 4 is 28.2 Å². The predicted molar refractivity (Wildman–Crippen MR) is 145 cm³/mol. The first-order chi connectivity index (χ1) is 17.5. The minimum atomic E-state index is -0.211. The maximum absolute atomic E-state index is 13.5. The van der Waals surface area contributed by atoms with Crippen LogP contribution in [0.1, 0.15) is 56.9 Å². The largest absolute Gasteiger partial charge is 0.346 e. The summed E-state index contributed by atoms with van der Waals surface area (Å²) >= 11 is 6.10. The van der Waals surface area contributed by atoms with E-state index in [0.29, 0.717) is 29.7 Å². The maximum atomic E-state index is 13.5. The van der Waals surface area contributed by atoms with Crippen LogP contribution in [0, 0.1) is 5.92 Å². The molecule has 0 spiro atoms. The third-order valence-electron chi connectivity index (χ3n) is 7.41. The number of nitrogens with zero attached hydrogens (tertiary/aromatic N) is 3. The molecule has 6 heteroatoms. The standard InChI is InChI=1S/C30H32ClN3O2/c1-21(27-13-7-11-23-10-5-6-12-28(23)27)18-26(35)20-34-30(36)33(19-22-8-3-2-4-9-22)29(32-34)24-14-16-25(31)17-15-24/h5-7,10-17,21-22H,2-4,8-9,18-20H2,1H3/t21-/m1/s1. The number of carbonyl (C=O) groups is 1. The first-order valence-corrected chi connectivity index (χ1v) is 13.3. The molecule has 1 fully saturated rings. The number of hydrogen-bond donors (Lipinski definition) is 0. The lowest BCUT2D eigenvalue weighted by Gasteiger charge is -2.22. The Labute approximate surface area is 216 Å². The Hall–Kier alpha value is -3.18. The van der Waals surface area contributed by atoms with Gasteiger partial charge >= 0.3 is 5.69 Å². The van der Waals surface area contributed by atoms with Crippen LogP contribution in [0.5, 0.6) is 0 Å². The highest BCUT2D eigenvalue weighted by molar-refractivity contribution is 6.30. The number of fused-ring (bicyclic) bond motifs is 1. The van der Waals surface area contributed by atoms with Crippen LogP contribution >= 0.6 is 11.6 Å². The average Bonchev–Trinajstić information content (AvgIpc) is 3.19. The molecular weight excluding hydrogens is 470 g/mol. The zero-order valence-electron chi connectivity index (χ0n) is 20.7. The van der Waals surface area contributed by atoms with E-state index in [1.54, 1.807) is 4.57 Å². The van der Waals surface area contributed by atoms with Crippen molar-refractivity contribution in [1.82, 2.24) is 14.3 Å². The van der Waals surface area contributed by atoms with Gasteiger partial charge in [-0.3, -0.25) is 9.36 Å². The summed E-state index contributed by atoms with van der Waals surface area (Å²) in [6.45, 7) is 2.69. The molecule has 0 bridgehead atoms. The number of carbonyl (C=O) groups excluding carboxylic acids is 1. The van der Waals surface area contributed by atoms with E-state index in [2.05, 4.69) is 36.3 Å². The fourth-order valence-electron chi connectivity index (χ4n) is 5.51. The van der Waals surface area contributed by atoms with Crippen LogP contribution in [0.15, 0.2) is 71.5 Å². The van der Waals surface area contributed by atoms with Crippen molar-refractivity contribution in [2.45, 2.75) is 64.5 Å². The van der Waals surface area contributed by atoms with Crippen LogP contribution in [0.3, 0.4) is 0 Å². The van der Waals surface area contributed by atoms with Crippen LogP contribution in [0.2, 0.25) is 5.02 Å². The van der Waals surface area contributed by atoms with Crippen LogP contribution < -0.4 is 5.69 Å². The van der Waals surface area contributed by atoms with Gasteiger partial charge in [0.15, 0.2) is 11.6 Å². The third kappa shape index (κ3) is 5.31. The molecule has 1 aliphatic carbocycles. The average molecular weight is 502 g/mol. The van der Waals surface area contributed by atoms with Crippen molar-refractivity contribution in [1.29, 1.82) is 0 Å². The molecule has 0 amide bonds. The van der Waals surface area contributed by atoms with Crippen molar-refractivity contribution in [3.63, 3.8) is 0 Å². The predicted octanol–water partition coefficient (Wildman–Crippen LogP) is 6.86. The van der Waals surface area contributed by atoms with Crippen LogP contribution in [0.25, 0.3) is 22.2 Å². The fourth-order valence-corrected chi connectivity index (χ4v) is 5.64. The molecule has 1 atom stereocenters. The number of ketones is 1. The zero-order chi connectivity index (χ0) is 25.1. The van der Waals surface area contributed by atoms with Gasteiger partial charge in [0, 0.05) is 23.6 Å². The maximum Gasteiger partial charge on any atom is 0.346 e. The van der Waals surface area contributed by atoms with Crippen molar-refractivity contribution in [3.8, 4) is 11.4 Å². The third-order valence-corrected chi connectivity index (χ3v) is 7.66. The number of halogens is 1. The monoisotopic (exact) mass is 501 g/mol. The Morgan fingerprint density at radius 2 is 1.72 bits per heavy atom. The number of Topliss-reactive ketones (excluding diaryl/α,β-unsaturated/α-hetero) is 1. The van der Waals surface area contributed by atoms with Crippen molar-refractivity contribution in [2.75, 3.05) is 0 Å². The second-order valence-corrected chi connectivity index (χ2v) is 10.5. The Bertz CT molecular complexity index is 1410. The number of hydrogen-bond acceptors (Lipinski definition) is 3.